The molecule has 1 fully saturated rings. The van der Waals surface area contributed by atoms with E-state index in [4.69, 9.17) is 5.11 Å². The lowest BCUT2D eigenvalue weighted by Gasteiger charge is -2.32. The van der Waals surface area contributed by atoms with Crippen LogP contribution in [-0.2, 0) is 0 Å². The smallest absolute Gasteiger partial charge is 0.354 e. The molecule has 0 aliphatic carbocycles. The van der Waals surface area contributed by atoms with Crippen molar-refractivity contribution in [2.75, 3.05) is 25.0 Å². The zero-order valence-electron chi connectivity index (χ0n) is 11.1. The lowest BCUT2D eigenvalue weighted by atomic mass is 10.1. The molecular weight excluding hydrogens is 264 g/mol. The maximum absolute atomic E-state index is 11.1. The van der Waals surface area contributed by atoms with E-state index in [1.54, 1.807) is 11.9 Å². The lowest BCUT2D eigenvalue weighted by molar-refractivity contribution is -0.384. The molecule has 0 aromatic carbocycles. The molecule has 2 rings (SSSR count). The van der Waals surface area contributed by atoms with Crippen LogP contribution in [0.15, 0.2) is 12.1 Å². The minimum absolute atomic E-state index is 0.113. The third-order valence-corrected chi connectivity index (χ3v) is 3.46. The number of rotatable bonds is 4. The molecular formula is C12H16N4O4. The van der Waals surface area contributed by atoms with Crippen LogP contribution in [0.1, 0.15) is 23.3 Å². The molecule has 2 N–H and O–H groups in total. The van der Waals surface area contributed by atoms with Gasteiger partial charge in [-0.15, -0.1) is 0 Å². The summed E-state index contributed by atoms with van der Waals surface area (Å²) in [6.07, 6.45) is 1.68. The molecule has 0 spiro atoms. The fourth-order valence-corrected chi connectivity index (χ4v) is 2.33. The van der Waals surface area contributed by atoms with Gasteiger partial charge in [-0.2, -0.15) is 0 Å². The standard InChI is InChI=1S/C12H16N4O4/c1-15(8-4-6-13-7-5-8)11-10(16(19)20)3-2-9(14-11)12(17)18/h2-3,8,13H,4-7H2,1H3,(H,17,18). The van der Waals surface area contributed by atoms with E-state index in [9.17, 15) is 14.9 Å². The summed E-state index contributed by atoms with van der Waals surface area (Å²) < 4.78 is 0. The highest BCUT2D eigenvalue weighted by Crippen LogP contribution is 2.28. The number of piperidine rings is 1. The summed E-state index contributed by atoms with van der Waals surface area (Å²) in [5, 5.41) is 23.3. The minimum Gasteiger partial charge on any atom is -0.477 e. The van der Waals surface area contributed by atoms with Crippen LogP contribution in [0.25, 0.3) is 0 Å². The normalized spacial score (nSPS) is 15.8. The van der Waals surface area contributed by atoms with Crippen molar-refractivity contribution in [3.8, 4) is 0 Å². The molecule has 20 heavy (non-hydrogen) atoms. The first kappa shape index (κ1) is 14.2. The number of carbonyl (C=O) groups is 1. The van der Waals surface area contributed by atoms with Gasteiger partial charge in [-0.3, -0.25) is 10.1 Å². The van der Waals surface area contributed by atoms with Gasteiger partial charge in [0.2, 0.25) is 5.82 Å². The number of hydrogen-bond acceptors (Lipinski definition) is 6. The summed E-state index contributed by atoms with van der Waals surface area (Å²) >= 11 is 0. The first-order chi connectivity index (χ1) is 9.50. The van der Waals surface area contributed by atoms with Crippen molar-refractivity contribution >= 4 is 17.5 Å². The van der Waals surface area contributed by atoms with Crippen LogP contribution in [0.2, 0.25) is 0 Å². The molecule has 8 nitrogen and oxygen atoms in total. The fourth-order valence-electron chi connectivity index (χ4n) is 2.33. The maximum Gasteiger partial charge on any atom is 0.354 e. The second kappa shape index (κ2) is 5.83. The summed E-state index contributed by atoms with van der Waals surface area (Å²) in [6.45, 7) is 1.67. The maximum atomic E-state index is 11.1. The highest BCUT2D eigenvalue weighted by atomic mass is 16.6. The number of carboxylic acids is 1. The van der Waals surface area contributed by atoms with Crippen LogP contribution in [0.4, 0.5) is 11.5 Å². The third-order valence-electron chi connectivity index (χ3n) is 3.46. The molecule has 2 heterocycles. The highest BCUT2D eigenvalue weighted by molar-refractivity contribution is 5.86. The molecule has 1 aliphatic heterocycles. The second-order valence-corrected chi connectivity index (χ2v) is 4.69. The molecule has 0 amide bonds. The van der Waals surface area contributed by atoms with Gasteiger partial charge in [0, 0.05) is 19.2 Å². The van der Waals surface area contributed by atoms with Gasteiger partial charge in [0.05, 0.1) is 4.92 Å². The number of carboxylic acid groups (broad SMARTS) is 1. The van der Waals surface area contributed by atoms with Crippen LogP contribution >= 0.6 is 0 Å². The van der Waals surface area contributed by atoms with Gasteiger partial charge in [0.25, 0.3) is 0 Å². The number of aromatic nitrogens is 1. The van der Waals surface area contributed by atoms with Gasteiger partial charge in [0.1, 0.15) is 0 Å². The van der Waals surface area contributed by atoms with E-state index in [1.807, 2.05) is 0 Å². The summed E-state index contributed by atoms with van der Waals surface area (Å²) in [6, 6.07) is 2.47. The van der Waals surface area contributed by atoms with E-state index in [0.29, 0.717) is 0 Å². The first-order valence-electron chi connectivity index (χ1n) is 6.33. The second-order valence-electron chi connectivity index (χ2n) is 4.69. The monoisotopic (exact) mass is 280 g/mol. The van der Waals surface area contributed by atoms with Crippen molar-refractivity contribution in [2.45, 2.75) is 18.9 Å². The van der Waals surface area contributed by atoms with E-state index >= 15 is 0 Å². The van der Waals surface area contributed by atoms with E-state index in [0.717, 1.165) is 32.0 Å². The summed E-state index contributed by atoms with van der Waals surface area (Å²) in [7, 11) is 1.72. The predicted molar refractivity (Wildman–Crippen MR) is 72.1 cm³/mol. The van der Waals surface area contributed by atoms with Crippen molar-refractivity contribution in [3.63, 3.8) is 0 Å². The van der Waals surface area contributed by atoms with Crippen molar-refractivity contribution in [1.29, 1.82) is 0 Å². The minimum atomic E-state index is -1.19. The molecule has 8 heteroatoms. The Bertz CT molecular complexity index is 528. The topological polar surface area (TPSA) is 109 Å². The molecule has 0 radical (unpaired) electrons. The van der Waals surface area contributed by atoms with Gasteiger partial charge >= 0.3 is 11.7 Å². The van der Waals surface area contributed by atoms with E-state index in [-0.39, 0.29) is 23.2 Å². The quantitative estimate of drug-likeness (QED) is 0.622. The van der Waals surface area contributed by atoms with Crippen LogP contribution < -0.4 is 10.2 Å². The van der Waals surface area contributed by atoms with Crippen molar-refractivity contribution in [3.05, 3.63) is 27.9 Å². The Labute approximate surface area is 115 Å². The van der Waals surface area contributed by atoms with Crippen LogP contribution in [0, 0.1) is 10.1 Å². The number of anilines is 1. The van der Waals surface area contributed by atoms with Gasteiger partial charge in [0.15, 0.2) is 5.69 Å². The number of nitrogens with one attached hydrogen (secondary N) is 1. The van der Waals surface area contributed by atoms with Crippen LogP contribution in [-0.4, -0.2) is 47.2 Å². The van der Waals surface area contributed by atoms with Crippen LogP contribution in [0.5, 0.6) is 0 Å². The molecule has 1 saturated heterocycles. The highest BCUT2D eigenvalue weighted by Gasteiger charge is 2.26. The number of aromatic carboxylic acids is 1. The van der Waals surface area contributed by atoms with E-state index in [1.165, 1.54) is 6.07 Å². The zero-order valence-corrected chi connectivity index (χ0v) is 11.1. The van der Waals surface area contributed by atoms with Gasteiger partial charge in [-0.05, 0) is 32.0 Å². The van der Waals surface area contributed by atoms with Crippen molar-refractivity contribution in [2.24, 2.45) is 0 Å². The summed E-state index contributed by atoms with van der Waals surface area (Å²) in [4.78, 5) is 27.2. The zero-order chi connectivity index (χ0) is 14.7. The molecule has 108 valence electrons. The number of nitrogens with zero attached hydrogens (tertiary/aromatic N) is 3. The van der Waals surface area contributed by atoms with Crippen molar-refractivity contribution < 1.29 is 14.8 Å². The number of pyridine rings is 1. The molecule has 0 bridgehead atoms. The Kier molecular flexibility index (Phi) is 4.14. The Balaban J connectivity index is 2.37. The van der Waals surface area contributed by atoms with Gasteiger partial charge in [-0.25, -0.2) is 9.78 Å². The lowest BCUT2D eigenvalue weighted by Crippen LogP contribution is -2.41. The Morgan fingerprint density at radius 2 is 2.15 bits per heavy atom. The van der Waals surface area contributed by atoms with E-state index in [2.05, 4.69) is 10.3 Å². The summed E-state index contributed by atoms with van der Waals surface area (Å²) in [5.74, 6) is -1.08. The largest absolute Gasteiger partial charge is 0.477 e. The van der Waals surface area contributed by atoms with Gasteiger partial charge < -0.3 is 15.3 Å². The van der Waals surface area contributed by atoms with E-state index < -0.39 is 10.9 Å². The Hall–Kier alpha value is -2.22. The average Bonchev–Trinajstić information content (AvgIpc) is 2.46. The number of hydrogen-bond donors (Lipinski definition) is 2. The third kappa shape index (κ3) is 2.85. The average molecular weight is 280 g/mol. The Morgan fingerprint density at radius 3 is 2.70 bits per heavy atom. The SMILES string of the molecule is CN(c1nc(C(=O)O)ccc1[N+](=O)[O-])C1CCNCC1. The molecule has 0 unspecified atom stereocenters. The molecule has 0 atom stereocenters. The van der Waals surface area contributed by atoms with Gasteiger partial charge in [-0.1, -0.05) is 0 Å². The molecule has 1 aliphatic rings. The van der Waals surface area contributed by atoms with Crippen molar-refractivity contribution in [1.82, 2.24) is 10.3 Å². The summed E-state index contributed by atoms with van der Waals surface area (Å²) in [5.41, 5.74) is -0.359. The number of nitro groups is 1. The predicted octanol–water partition coefficient (Wildman–Crippen LogP) is 0.876. The van der Waals surface area contributed by atoms with Crippen LogP contribution in [0.3, 0.4) is 0 Å². The fraction of sp³-hybridized carbons (Fsp3) is 0.500. The first-order valence-corrected chi connectivity index (χ1v) is 6.33. The molecule has 1 aromatic heterocycles. The molecule has 0 saturated carbocycles. The Morgan fingerprint density at radius 1 is 1.50 bits per heavy atom. The molecule has 1 aromatic rings.